The molecule has 10 heteroatoms. The van der Waals surface area contributed by atoms with Gasteiger partial charge in [0.1, 0.15) is 12.1 Å². The van der Waals surface area contributed by atoms with Gasteiger partial charge in [-0.1, -0.05) is 6.07 Å². The van der Waals surface area contributed by atoms with Gasteiger partial charge in [0.15, 0.2) is 0 Å². The van der Waals surface area contributed by atoms with E-state index < -0.39 is 10.0 Å². The summed E-state index contributed by atoms with van der Waals surface area (Å²) in [5.41, 5.74) is 9.28. The predicted molar refractivity (Wildman–Crippen MR) is 118 cm³/mol. The largest absolute Gasteiger partial charge is 0.354 e. The molecular formula is C21H29N7O2S. The molecule has 4 heterocycles. The van der Waals surface area contributed by atoms with E-state index in [1.165, 1.54) is 16.1 Å². The minimum atomic E-state index is -3.14. The van der Waals surface area contributed by atoms with Gasteiger partial charge in [-0.15, -0.1) is 0 Å². The molecule has 0 amide bonds. The minimum Gasteiger partial charge on any atom is -0.354 e. The predicted octanol–water partition coefficient (Wildman–Crippen LogP) is 1.05. The third-order valence-corrected chi connectivity index (χ3v) is 8.24. The number of rotatable bonds is 4. The summed E-state index contributed by atoms with van der Waals surface area (Å²) in [6.07, 6.45) is 10.1. The first-order valence-electron chi connectivity index (χ1n) is 10.9. The summed E-state index contributed by atoms with van der Waals surface area (Å²) in [7, 11) is -3.14. The third-order valence-electron chi connectivity index (χ3n) is 6.93. The average molecular weight is 444 g/mol. The zero-order valence-corrected chi connectivity index (χ0v) is 18.5. The molecule has 2 saturated heterocycles. The summed E-state index contributed by atoms with van der Waals surface area (Å²) < 4.78 is 25.1. The van der Waals surface area contributed by atoms with Gasteiger partial charge in [-0.2, -0.15) is 4.31 Å². The number of nitrogens with zero attached hydrogens (tertiary/aromatic N) is 5. The lowest BCUT2D eigenvalue weighted by Crippen LogP contribution is -2.48. The van der Waals surface area contributed by atoms with Gasteiger partial charge in [-0.05, 0) is 42.7 Å². The van der Waals surface area contributed by atoms with Gasteiger partial charge in [0, 0.05) is 50.7 Å². The summed E-state index contributed by atoms with van der Waals surface area (Å²) in [6.45, 7) is 2.24. The number of pyridine rings is 1. The summed E-state index contributed by atoms with van der Waals surface area (Å²) in [6, 6.07) is 6.83. The van der Waals surface area contributed by atoms with Gasteiger partial charge < -0.3 is 4.90 Å². The van der Waals surface area contributed by atoms with Crippen molar-refractivity contribution >= 4 is 15.8 Å². The molecule has 2 aromatic rings. The lowest BCUT2D eigenvalue weighted by Gasteiger charge is -2.35. The van der Waals surface area contributed by atoms with E-state index in [0.29, 0.717) is 44.1 Å². The number of hydrogen-bond donors (Lipinski definition) is 2. The Morgan fingerprint density at radius 2 is 1.94 bits per heavy atom. The first kappa shape index (κ1) is 20.7. The van der Waals surface area contributed by atoms with Crippen molar-refractivity contribution in [2.45, 2.75) is 37.3 Å². The maximum Gasteiger partial charge on any atom is 0.211 e. The zero-order valence-electron chi connectivity index (χ0n) is 17.7. The molecule has 2 aromatic heterocycles. The van der Waals surface area contributed by atoms with Crippen LogP contribution in [0.1, 0.15) is 42.5 Å². The number of hydrazine groups is 1. The van der Waals surface area contributed by atoms with Crippen molar-refractivity contribution in [3.8, 4) is 0 Å². The molecule has 5 rings (SSSR count). The molecule has 4 unspecified atom stereocenters. The van der Waals surface area contributed by atoms with E-state index in [2.05, 4.69) is 42.8 Å². The molecule has 1 aliphatic carbocycles. The summed E-state index contributed by atoms with van der Waals surface area (Å²) in [5, 5.41) is 0. The second-order valence-corrected chi connectivity index (χ2v) is 10.8. The fraction of sp³-hybridized carbons (Fsp3) is 0.571. The number of anilines is 1. The van der Waals surface area contributed by atoms with E-state index in [1.54, 1.807) is 6.33 Å². The summed E-state index contributed by atoms with van der Waals surface area (Å²) in [5.74, 6) is 1.83. The molecule has 3 fully saturated rings. The smallest absolute Gasteiger partial charge is 0.211 e. The van der Waals surface area contributed by atoms with E-state index in [4.69, 9.17) is 0 Å². The Balaban J connectivity index is 1.31. The Morgan fingerprint density at radius 3 is 2.68 bits per heavy atom. The van der Waals surface area contributed by atoms with Crippen molar-refractivity contribution in [1.29, 1.82) is 0 Å². The van der Waals surface area contributed by atoms with Crippen molar-refractivity contribution in [2.24, 2.45) is 5.92 Å². The van der Waals surface area contributed by atoms with Crippen LogP contribution in [-0.4, -0.2) is 66.2 Å². The highest BCUT2D eigenvalue weighted by atomic mass is 32.2. The van der Waals surface area contributed by atoms with Crippen LogP contribution in [0.15, 0.2) is 36.9 Å². The van der Waals surface area contributed by atoms with E-state index in [9.17, 15) is 8.42 Å². The number of hydrogen-bond acceptors (Lipinski definition) is 8. The standard InChI is InChI=1S/C21H29N7O2S/c1-31(29,30)28-9-7-27(8-10-28)20-12-19(23-14-24-20)21-17-11-15(4-5-18(17)25-26-21)16-3-2-6-22-13-16/h2-3,6,12-15,17-18,21,25-26H,4-5,7-11H2,1H3. The Hall–Kier alpha value is -2.14. The SMILES string of the molecule is CS(=O)(=O)N1CCN(c2cc(C3NNC4CCC(c5cccnc5)CC43)ncn2)CC1. The monoisotopic (exact) mass is 443 g/mol. The highest BCUT2D eigenvalue weighted by Crippen LogP contribution is 2.43. The molecule has 2 N–H and O–H groups in total. The Bertz CT molecular complexity index is 1010. The van der Waals surface area contributed by atoms with E-state index in [1.807, 2.05) is 18.5 Å². The Labute approximate surface area is 183 Å². The maximum absolute atomic E-state index is 11.8. The van der Waals surface area contributed by atoms with Crippen molar-refractivity contribution in [2.75, 3.05) is 37.3 Å². The van der Waals surface area contributed by atoms with Crippen molar-refractivity contribution in [3.63, 3.8) is 0 Å². The second kappa shape index (κ2) is 8.42. The highest BCUT2D eigenvalue weighted by Gasteiger charge is 2.42. The Morgan fingerprint density at radius 1 is 1.10 bits per heavy atom. The molecule has 31 heavy (non-hydrogen) atoms. The van der Waals surface area contributed by atoms with Gasteiger partial charge in [-0.25, -0.2) is 23.8 Å². The van der Waals surface area contributed by atoms with Crippen LogP contribution in [0.3, 0.4) is 0 Å². The lowest BCUT2D eigenvalue weighted by molar-refractivity contribution is 0.276. The minimum absolute atomic E-state index is 0.128. The van der Waals surface area contributed by atoms with Crippen LogP contribution in [0.4, 0.5) is 5.82 Å². The molecule has 0 radical (unpaired) electrons. The van der Waals surface area contributed by atoms with Gasteiger partial charge in [0.2, 0.25) is 10.0 Å². The van der Waals surface area contributed by atoms with Crippen LogP contribution >= 0.6 is 0 Å². The fourth-order valence-corrected chi connectivity index (χ4v) is 6.05. The van der Waals surface area contributed by atoms with E-state index in [-0.39, 0.29) is 6.04 Å². The number of piperazine rings is 1. The number of nitrogens with one attached hydrogen (secondary N) is 2. The van der Waals surface area contributed by atoms with Gasteiger partial charge >= 0.3 is 0 Å². The van der Waals surface area contributed by atoms with Crippen molar-refractivity contribution < 1.29 is 8.42 Å². The molecular weight excluding hydrogens is 414 g/mol. The fourth-order valence-electron chi connectivity index (χ4n) is 5.22. The van der Waals surface area contributed by atoms with Crippen LogP contribution < -0.4 is 15.8 Å². The van der Waals surface area contributed by atoms with Crippen LogP contribution in [0.25, 0.3) is 0 Å². The third kappa shape index (κ3) is 4.30. The van der Waals surface area contributed by atoms with E-state index in [0.717, 1.165) is 30.8 Å². The van der Waals surface area contributed by atoms with E-state index >= 15 is 0 Å². The van der Waals surface area contributed by atoms with Crippen molar-refractivity contribution in [3.05, 3.63) is 48.2 Å². The maximum atomic E-state index is 11.8. The highest BCUT2D eigenvalue weighted by molar-refractivity contribution is 7.88. The molecule has 0 bridgehead atoms. The van der Waals surface area contributed by atoms with Crippen LogP contribution in [0, 0.1) is 5.92 Å². The first-order valence-corrected chi connectivity index (χ1v) is 12.8. The summed E-state index contributed by atoms with van der Waals surface area (Å²) in [4.78, 5) is 15.5. The lowest BCUT2D eigenvalue weighted by atomic mass is 9.73. The topological polar surface area (TPSA) is 103 Å². The second-order valence-electron chi connectivity index (χ2n) is 8.78. The van der Waals surface area contributed by atoms with Crippen LogP contribution in [0.2, 0.25) is 0 Å². The molecule has 3 aliphatic rings. The zero-order chi connectivity index (χ0) is 21.4. The molecule has 0 aromatic carbocycles. The van der Waals surface area contributed by atoms with Gasteiger partial charge in [0.05, 0.1) is 18.0 Å². The normalized spacial score (nSPS) is 29.6. The molecule has 166 valence electrons. The van der Waals surface area contributed by atoms with Crippen LogP contribution in [-0.2, 0) is 10.0 Å². The van der Waals surface area contributed by atoms with Crippen LogP contribution in [0.5, 0.6) is 0 Å². The number of fused-ring (bicyclic) bond motifs is 1. The average Bonchev–Trinajstić information content (AvgIpc) is 3.23. The molecule has 0 spiro atoms. The Kier molecular flexibility index (Phi) is 5.63. The first-order chi connectivity index (χ1) is 15.0. The van der Waals surface area contributed by atoms with Gasteiger partial charge in [0.25, 0.3) is 0 Å². The molecule has 1 saturated carbocycles. The van der Waals surface area contributed by atoms with Gasteiger partial charge in [-0.3, -0.25) is 10.4 Å². The molecule has 2 aliphatic heterocycles. The molecule has 9 nitrogen and oxygen atoms in total. The van der Waals surface area contributed by atoms with Crippen molar-refractivity contribution in [1.82, 2.24) is 30.1 Å². The summed E-state index contributed by atoms with van der Waals surface area (Å²) >= 11 is 0. The molecule has 4 atom stereocenters. The number of sulfonamides is 1. The quantitative estimate of drug-likeness (QED) is 0.723. The number of aromatic nitrogens is 3.